The minimum atomic E-state index is 0.560. The molecule has 1 aromatic heterocycles. The zero-order valence-electron chi connectivity index (χ0n) is 8.54. The molecule has 14 heavy (non-hydrogen) atoms. The zero-order valence-corrected chi connectivity index (χ0v) is 8.54. The molecule has 0 saturated heterocycles. The molecular formula is C12H14O2. The predicted octanol–water partition coefficient (Wildman–Crippen LogP) is 3.28. The smallest absolute Gasteiger partial charge is 0.137 e. The molecule has 0 aliphatic carbocycles. The number of para-hydroxylation sites is 1. The Kier molecular flexibility index (Phi) is 2.55. The van der Waals surface area contributed by atoms with E-state index >= 15 is 0 Å². The minimum absolute atomic E-state index is 0.560. The van der Waals surface area contributed by atoms with Gasteiger partial charge >= 0.3 is 0 Å². The van der Waals surface area contributed by atoms with Gasteiger partial charge in [-0.15, -0.1) is 0 Å². The van der Waals surface area contributed by atoms with E-state index in [4.69, 9.17) is 9.15 Å². The molecule has 0 bridgehead atoms. The van der Waals surface area contributed by atoms with Gasteiger partial charge in [0.15, 0.2) is 0 Å². The van der Waals surface area contributed by atoms with Crippen LogP contribution in [0.1, 0.15) is 18.2 Å². The van der Waals surface area contributed by atoms with Crippen LogP contribution >= 0.6 is 0 Å². The number of fused-ring (bicyclic) bond motifs is 1. The summed E-state index contributed by atoms with van der Waals surface area (Å²) in [5.41, 5.74) is 2.15. The van der Waals surface area contributed by atoms with Crippen molar-refractivity contribution >= 4 is 11.0 Å². The Morgan fingerprint density at radius 2 is 2.21 bits per heavy atom. The Morgan fingerprint density at radius 1 is 1.36 bits per heavy atom. The molecule has 2 heteroatoms. The number of hydrogen-bond donors (Lipinski definition) is 0. The summed E-state index contributed by atoms with van der Waals surface area (Å²) in [6.07, 6.45) is 0. The van der Waals surface area contributed by atoms with Gasteiger partial charge < -0.3 is 9.15 Å². The third-order valence-corrected chi connectivity index (χ3v) is 2.24. The lowest BCUT2D eigenvalue weighted by atomic mass is 10.2. The van der Waals surface area contributed by atoms with Gasteiger partial charge in [0.2, 0.25) is 0 Å². The largest absolute Gasteiger partial charge is 0.458 e. The lowest BCUT2D eigenvalue weighted by molar-refractivity contribution is 0.119. The van der Waals surface area contributed by atoms with Crippen LogP contribution in [0.4, 0.5) is 0 Å². The van der Waals surface area contributed by atoms with Crippen LogP contribution in [0.2, 0.25) is 0 Å². The van der Waals surface area contributed by atoms with Crippen LogP contribution in [0.25, 0.3) is 11.0 Å². The van der Waals surface area contributed by atoms with Crippen LogP contribution in [-0.4, -0.2) is 6.61 Å². The van der Waals surface area contributed by atoms with Gasteiger partial charge in [0.25, 0.3) is 0 Å². The average molecular weight is 190 g/mol. The molecule has 0 radical (unpaired) electrons. The molecule has 0 N–H and O–H groups in total. The molecule has 1 aromatic carbocycles. The number of ether oxygens (including phenoxy) is 1. The van der Waals surface area contributed by atoms with Gasteiger partial charge in [0.05, 0.1) is 0 Å². The summed E-state index contributed by atoms with van der Waals surface area (Å²) in [6, 6.07) is 8.19. The Hall–Kier alpha value is -1.28. The van der Waals surface area contributed by atoms with Crippen molar-refractivity contribution in [1.29, 1.82) is 0 Å². The summed E-state index contributed by atoms with van der Waals surface area (Å²) in [5.74, 6) is 0.899. The van der Waals surface area contributed by atoms with Crippen molar-refractivity contribution in [3.63, 3.8) is 0 Å². The van der Waals surface area contributed by atoms with Crippen molar-refractivity contribution in [3.8, 4) is 0 Å². The number of hydrogen-bond acceptors (Lipinski definition) is 2. The molecule has 0 saturated carbocycles. The van der Waals surface area contributed by atoms with E-state index < -0.39 is 0 Å². The molecule has 2 rings (SSSR count). The fourth-order valence-electron chi connectivity index (χ4n) is 1.54. The van der Waals surface area contributed by atoms with E-state index in [0.717, 1.165) is 23.3 Å². The van der Waals surface area contributed by atoms with E-state index in [0.29, 0.717) is 6.61 Å². The van der Waals surface area contributed by atoms with Gasteiger partial charge in [-0.3, -0.25) is 0 Å². The Balaban J connectivity index is 2.36. The first-order valence-corrected chi connectivity index (χ1v) is 4.87. The van der Waals surface area contributed by atoms with E-state index in [1.807, 2.05) is 19.1 Å². The fourth-order valence-corrected chi connectivity index (χ4v) is 1.54. The van der Waals surface area contributed by atoms with E-state index in [9.17, 15) is 0 Å². The first-order chi connectivity index (χ1) is 6.81. The van der Waals surface area contributed by atoms with Gasteiger partial charge in [-0.2, -0.15) is 0 Å². The summed E-state index contributed by atoms with van der Waals surface area (Å²) in [5, 5.41) is 1.15. The normalized spacial score (nSPS) is 11.0. The van der Waals surface area contributed by atoms with Crippen LogP contribution in [0, 0.1) is 6.92 Å². The molecule has 74 valence electrons. The predicted molar refractivity (Wildman–Crippen MR) is 56.3 cm³/mol. The summed E-state index contributed by atoms with van der Waals surface area (Å²) < 4.78 is 11.0. The molecule has 2 nitrogen and oxygen atoms in total. The lowest BCUT2D eigenvalue weighted by Crippen LogP contribution is -1.88. The third-order valence-electron chi connectivity index (χ3n) is 2.24. The second-order valence-electron chi connectivity index (χ2n) is 3.34. The number of furan rings is 1. The van der Waals surface area contributed by atoms with Crippen LogP contribution in [-0.2, 0) is 11.3 Å². The number of benzene rings is 1. The summed E-state index contributed by atoms with van der Waals surface area (Å²) in [7, 11) is 0. The molecule has 0 fully saturated rings. The first kappa shape index (κ1) is 9.28. The lowest BCUT2D eigenvalue weighted by Gasteiger charge is -1.95. The maximum Gasteiger partial charge on any atom is 0.137 e. The summed E-state index contributed by atoms with van der Waals surface area (Å²) >= 11 is 0. The molecular weight excluding hydrogens is 176 g/mol. The van der Waals surface area contributed by atoms with Crippen molar-refractivity contribution in [2.24, 2.45) is 0 Å². The van der Waals surface area contributed by atoms with Crippen molar-refractivity contribution < 1.29 is 9.15 Å². The highest BCUT2D eigenvalue weighted by atomic mass is 16.5. The van der Waals surface area contributed by atoms with Gasteiger partial charge in [-0.25, -0.2) is 0 Å². The van der Waals surface area contributed by atoms with Gasteiger partial charge in [0, 0.05) is 12.0 Å². The molecule has 0 aliphatic heterocycles. The van der Waals surface area contributed by atoms with Gasteiger partial charge in [-0.1, -0.05) is 18.2 Å². The molecule has 0 spiro atoms. The second kappa shape index (κ2) is 3.84. The highest BCUT2D eigenvalue weighted by molar-refractivity contribution is 5.80. The van der Waals surface area contributed by atoms with Crippen molar-refractivity contribution in [2.75, 3.05) is 6.61 Å². The van der Waals surface area contributed by atoms with Crippen molar-refractivity contribution in [1.82, 2.24) is 0 Å². The number of aryl methyl sites for hydroxylation is 1. The standard InChI is InChI=1S/C12H14O2/c1-3-13-8-11-7-10-6-4-5-9(2)12(10)14-11/h4-7H,3,8H2,1-2H3. The fraction of sp³-hybridized carbons (Fsp3) is 0.333. The molecule has 1 heterocycles. The van der Waals surface area contributed by atoms with Gasteiger partial charge in [-0.05, 0) is 25.5 Å². The number of rotatable bonds is 3. The highest BCUT2D eigenvalue weighted by Gasteiger charge is 2.04. The van der Waals surface area contributed by atoms with Crippen molar-refractivity contribution in [3.05, 3.63) is 35.6 Å². The average Bonchev–Trinajstić information content (AvgIpc) is 2.59. The summed E-state index contributed by atoms with van der Waals surface area (Å²) in [6.45, 7) is 5.31. The van der Waals surface area contributed by atoms with E-state index in [1.54, 1.807) is 0 Å². The zero-order chi connectivity index (χ0) is 9.97. The molecule has 0 amide bonds. The third kappa shape index (κ3) is 1.66. The maximum absolute atomic E-state index is 5.68. The van der Waals surface area contributed by atoms with Crippen LogP contribution in [0.15, 0.2) is 28.7 Å². The molecule has 0 unspecified atom stereocenters. The van der Waals surface area contributed by atoms with Crippen LogP contribution in [0.3, 0.4) is 0 Å². The monoisotopic (exact) mass is 190 g/mol. The maximum atomic E-state index is 5.68. The quantitative estimate of drug-likeness (QED) is 0.741. The van der Waals surface area contributed by atoms with Gasteiger partial charge in [0.1, 0.15) is 18.0 Å². The molecule has 0 aliphatic rings. The first-order valence-electron chi connectivity index (χ1n) is 4.87. The van der Waals surface area contributed by atoms with Crippen molar-refractivity contribution in [2.45, 2.75) is 20.5 Å². The second-order valence-corrected chi connectivity index (χ2v) is 3.34. The molecule has 0 atom stereocenters. The SMILES string of the molecule is CCOCc1cc2cccc(C)c2o1. The Labute approximate surface area is 83.5 Å². The Bertz CT molecular complexity index is 429. The van der Waals surface area contributed by atoms with Crippen LogP contribution in [0.5, 0.6) is 0 Å². The topological polar surface area (TPSA) is 22.4 Å². The van der Waals surface area contributed by atoms with E-state index in [1.165, 1.54) is 5.56 Å². The Morgan fingerprint density at radius 3 is 2.93 bits per heavy atom. The van der Waals surface area contributed by atoms with E-state index in [2.05, 4.69) is 19.1 Å². The summed E-state index contributed by atoms with van der Waals surface area (Å²) in [4.78, 5) is 0. The molecule has 2 aromatic rings. The minimum Gasteiger partial charge on any atom is -0.458 e. The van der Waals surface area contributed by atoms with Crippen LogP contribution < -0.4 is 0 Å². The highest BCUT2D eigenvalue weighted by Crippen LogP contribution is 2.22. The van der Waals surface area contributed by atoms with E-state index in [-0.39, 0.29) is 0 Å².